The zero-order valence-corrected chi connectivity index (χ0v) is 15.8. The number of unbranched alkanes of at least 4 members (excludes halogenated alkanes) is 1. The van der Waals surface area contributed by atoms with Crippen LogP contribution in [0.3, 0.4) is 0 Å². The van der Waals surface area contributed by atoms with Crippen molar-refractivity contribution in [3.8, 4) is 0 Å². The third-order valence-corrected chi connectivity index (χ3v) is 6.55. The Kier molecular flexibility index (Phi) is 5.00. The lowest BCUT2D eigenvalue weighted by molar-refractivity contribution is -0.158. The molecule has 2 heteroatoms. The van der Waals surface area contributed by atoms with Crippen LogP contribution in [-0.2, 0) is 4.79 Å². The van der Waals surface area contributed by atoms with Crippen LogP contribution in [0.1, 0.15) is 55.6 Å². The molecule has 2 saturated carbocycles. The van der Waals surface area contributed by atoms with Gasteiger partial charge in [-0.15, -0.1) is 0 Å². The highest BCUT2D eigenvalue weighted by Crippen LogP contribution is 2.64. The van der Waals surface area contributed by atoms with E-state index in [9.17, 15) is 4.79 Å². The molecule has 0 N–H and O–H groups in total. The molecular formula is C24H25ClO. The third-order valence-electron chi connectivity index (χ3n) is 6.30. The van der Waals surface area contributed by atoms with Crippen molar-refractivity contribution < 1.29 is 4.79 Å². The molecule has 26 heavy (non-hydrogen) atoms. The van der Waals surface area contributed by atoms with Crippen LogP contribution in [0.5, 0.6) is 0 Å². The van der Waals surface area contributed by atoms with Crippen LogP contribution in [0, 0.1) is 11.3 Å². The summed E-state index contributed by atoms with van der Waals surface area (Å²) in [5.74, 6) is 1.26. The van der Waals surface area contributed by atoms with E-state index in [1.807, 2.05) is 24.3 Å². The average Bonchev–Trinajstić information content (AvgIpc) is 2.69. The van der Waals surface area contributed by atoms with E-state index in [2.05, 4.69) is 42.5 Å². The molecule has 1 nitrogen and oxygen atoms in total. The maximum Gasteiger partial charge on any atom is 0.143 e. The summed E-state index contributed by atoms with van der Waals surface area (Å²) < 4.78 is 0. The van der Waals surface area contributed by atoms with Gasteiger partial charge in [-0.3, -0.25) is 4.79 Å². The Balaban J connectivity index is 1.39. The molecule has 0 aliphatic heterocycles. The van der Waals surface area contributed by atoms with Gasteiger partial charge >= 0.3 is 0 Å². The van der Waals surface area contributed by atoms with Gasteiger partial charge in [-0.05, 0) is 55.4 Å². The van der Waals surface area contributed by atoms with Crippen LogP contribution in [0.15, 0.2) is 60.7 Å². The van der Waals surface area contributed by atoms with Crippen molar-refractivity contribution in [1.82, 2.24) is 0 Å². The minimum atomic E-state index is -0.0849. The van der Waals surface area contributed by atoms with Crippen LogP contribution >= 0.6 is 11.6 Å². The molecule has 0 saturated heterocycles. The Morgan fingerprint density at radius 1 is 1.08 bits per heavy atom. The van der Waals surface area contributed by atoms with E-state index in [-0.39, 0.29) is 11.3 Å². The van der Waals surface area contributed by atoms with E-state index < -0.39 is 0 Å². The summed E-state index contributed by atoms with van der Waals surface area (Å²) in [6.07, 6.45) is 10.8. The molecule has 0 radical (unpaired) electrons. The van der Waals surface area contributed by atoms with Crippen LogP contribution in [0.25, 0.3) is 6.08 Å². The fourth-order valence-electron chi connectivity index (χ4n) is 5.12. The first-order valence-electron chi connectivity index (χ1n) is 9.72. The number of allylic oxidation sites excluding steroid dienone is 1. The summed E-state index contributed by atoms with van der Waals surface area (Å²) in [5.41, 5.74) is 2.46. The minimum Gasteiger partial charge on any atom is -0.299 e. The Bertz CT molecular complexity index is 793. The minimum absolute atomic E-state index is 0.0849. The first-order chi connectivity index (χ1) is 12.7. The van der Waals surface area contributed by atoms with Crippen molar-refractivity contribution >= 4 is 23.5 Å². The normalized spacial score (nSPS) is 27.5. The van der Waals surface area contributed by atoms with Crippen molar-refractivity contribution in [1.29, 1.82) is 0 Å². The summed E-state index contributed by atoms with van der Waals surface area (Å²) in [7, 11) is 0. The highest BCUT2D eigenvalue weighted by atomic mass is 35.5. The molecule has 2 aliphatic rings. The molecule has 0 spiro atoms. The second-order valence-corrected chi connectivity index (χ2v) is 8.19. The standard InChI is InChI=1S/C24H25ClO/c25-20-14-12-18(13-15-20)8-3-2-6-16-24-17-7-11-21(23(24)26)22(24)19-9-4-1-5-10-19/h1,3-5,8-10,12-15,21-22H,2,6-7,11,16-17H2/b8-3+/t21-,22+,24+/m0/s1. The zero-order valence-electron chi connectivity index (χ0n) is 15.0. The first kappa shape index (κ1) is 17.5. The second-order valence-electron chi connectivity index (χ2n) is 7.75. The maximum absolute atomic E-state index is 12.8. The van der Waals surface area contributed by atoms with E-state index in [4.69, 9.17) is 11.6 Å². The highest BCUT2D eigenvalue weighted by Gasteiger charge is 2.62. The molecule has 0 aromatic heterocycles. The number of carbonyl (C=O) groups is 1. The molecule has 134 valence electrons. The smallest absolute Gasteiger partial charge is 0.143 e. The van der Waals surface area contributed by atoms with E-state index >= 15 is 0 Å². The number of hydrogen-bond donors (Lipinski definition) is 0. The summed E-state index contributed by atoms with van der Waals surface area (Å²) in [4.78, 5) is 12.8. The molecule has 2 aromatic rings. The van der Waals surface area contributed by atoms with Gasteiger partial charge in [0.15, 0.2) is 0 Å². The molecule has 2 aliphatic carbocycles. The molecule has 2 bridgehead atoms. The van der Waals surface area contributed by atoms with Gasteiger partial charge in [0, 0.05) is 22.3 Å². The number of benzene rings is 2. The third kappa shape index (κ3) is 3.14. The molecule has 4 rings (SSSR count). The van der Waals surface area contributed by atoms with Crippen molar-refractivity contribution in [2.75, 3.05) is 0 Å². The van der Waals surface area contributed by atoms with Crippen LogP contribution in [0.4, 0.5) is 0 Å². The second kappa shape index (κ2) is 7.40. The SMILES string of the molecule is O=C1[C@H]2CCC[C@]1(CCC/C=C/c1ccc(Cl)cc1)[C@@H]2c1ccccc1. The van der Waals surface area contributed by atoms with Crippen LogP contribution in [0.2, 0.25) is 5.02 Å². The molecule has 0 unspecified atom stereocenters. The Morgan fingerprint density at radius 2 is 1.85 bits per heavy atom. The number of fused-ring (bicyclic) bond motifs is 2. The van der Waals surface area contributed by atoms with Crippen LogP contribution in [-0.4, -0.2) is 5.78 Å². The van der Waals surface area contributed by atoms with Gasteiger partial charge in [0.05, 0.1) is 0 Å². The van der Waals surface area contributed by atoms with E-state index in [0.29, 0.717) is 11.7 Å². The quantitative estimate of drug-likeness (QED) is 0.522. The van der Waals surface area contributed by atoms with Gasteiger partial charge in [0.25, 0.3) is 0 Å². The maximum atomic E-state index is 12.8. The largest absolute Gasteiger partial charge is 0.299 e. The Hall–Kier alpha value is -1.86. The highest BCUT2D eigenvalue weighted by molar-refractivity contribution is 6.30. The van der Waals surface area contributed by atoms with Gasteiger partial charge in [-0.25, -0.2) is 0 Å². The van der Waals surface area contributed by atoms with Gasteiger partial charge < -0.3 is 0 Å². The van der Waals surface area contributed by atoms with E-state index in [1.165, 1.54) is 17.5 Å². The molecule has 0 heterocycles. The summed E-state index contributed by atoms with van der Waals surface area (Å²) in [5, 5.41) is 0.767. The molecule has 2 fully saturated rings. The molecule has 0 amide bonds. The monoisotopic (exact) mass is 364 g/mol. The lowest BCUT2D eigenvalue weighted by Crippen LogP contribution is -2.58. The number of carbonyl (C=O) groups excluding carboxylic acids is 1. The van der Waals surface area contributed by atoms with Crippen molar-refractivity contribution in [3.05, 3.63) is 76.8 Å². The molecule has 3 atom stereocenters. The first-order valence-corrected chi connectivity index (χ1v) is 10.1. The number of halogens is 1. The average molecular weight is 365 g/mol. The fraction of sp³-hybridized carbons (Fsp3) is 0.375. The molecular weight excluding hydrogens is 340 g/mol. The van der Waals surface area contributed by atoms with E-state index in [1.54, 1.807) is 0 Å². The van der Waals surface area contributed by atoms with Gasteiger partial charge in [0.2, 0.25) is 0 Å². The predicted molar refractivity (Wildman–Crippen MR) is 108 cm³/mol. The zero-order chi connectivity index (χ0) is 18.0. The van der Waals surface area contributed by atoms with Gasteiger partial charge in [-0.1, -0.05) is 72.6 Å². The fourth-order valence-corrected chi connectivity index (χ4v) is 5.25. The molecule has 2 aromatic carbocycles. The summed E-state index contributed by atoms with van der Waals surface area (Å²) >= 11 is 5.92. The number of hydrogen-bond acceptors (Lipinski definition) is 1. The van der Waals surface area contributed by atoms with Gasteiger partial charge in [-0.2, -0.15) is 0 Å². The lowest BCUT2D eigenvalue weighted by atomic mass is 9.43. The van der Waals surface area contributed by atoms with Crippen LogP contribution < -0.4 is 0 Å². The Labute approximate surface area is 161 Å². The summed E-state index contributed by atoms with van der Waals surface area (Å²) in [6, 6.07) is 18.6. The predicted octanol–water partition coefficient (Wildman–Crippen LogP) is 6.68. The van der Waals surface area contributed by atoms with Crippen molar-refractivity contribution in [3.63, 3.8) is 0 Å². The lowest BCUT2D eigenvalue weighted by Gasteiger charge is -2.58. The Morgan fingerprint density at radius 3 is 2.58 bits per heavy atom. The number of Topliss-reactive ketones (excluding diaryl/α,β-unsaturated/α-hetero) is 1. The van der Waals surface area contributed by atoms with Crippen molar-refractivity contribution in [2.45, 2.75) is 44.4 Å². The van der Waals surface area contributed by atoms with Crippen molar-refractivity contribution in [2.24, 2.45) is 11.3 Å². The summed E-state index contributed by atoms with van der Waals surface area (Å²) in [6.45, 7) is 0. The number of ketones is 1. The topological polar surface area (TPSA) is 17.1 Å². The van der Waals surface area contributed by atoms with Gasteiger partial charge in [0.1, 0.15) is 5.78 Å². The van der Waals surface area contributed by atoms with E-state index in [0.717, 1.165) is 37.1 Å². The number of rotatable bonds is 6.